The average molecular weight is 418 g/mol. The molecule has 1 unspecified atom stereocenters. The maximum Gasteiger partial charge on any atom is 0.251 e. The fourth-order valence-electron chi connectivity index (χ4n) is 3.93. The Hall–Kier alpha value is -3.45. The molecule has 1 saturated carbocycles. The Kier molecular flexibility index (Phi) is 6.43. The molecule has 3 aromatic rings. The van der Waals surface area contributed by atoms with Crippen LogP contribution in [0.5, 0.6) is 0 Å². The van der Waals surface area contributed by atoms with Gasteiger partial charge in [0.15, 0.2) is 0 Å². The highest BCUT2D eigenvalue weighted by Crippen LogP contribution is 2.18. The zero-order chi connectivity index (χ0) is 21.6. The van der Waals surface area contributed by atoms with Gasteiger partial charge in [-0.05, 0) is 49.4 Å². The molecule has 0 saturated heterocycles. The topological polar surface area (TPSA) is 102 Å². The van der Waals surface area contributed by atoms with Gasteiger partial charge in [0.2, 0.25) is 5.91 Å². The second kappa shape index (κ2) is 9.57. The summed E-state index contributed by atoms with van der Waals surface area (Å²) >= 11 is 0. The van der Waals surface area contributed by atoms with Gasteiger partial charge in [0.1, 0.15) is 0 Å². The first-order valence-corrected chi connectivity index (χ1v) is 10.6. The Balaban J connectivity index is 1.39. The third-order valence-electron chi connectivity index (χ3n) is 5.50. The van der Waals surface area contributed by atoms with Crippen LogP contribution >= 0.6 is 0 Å². The summed E-state index contributed by atoms with van der Waals surface area (Å²) in [4.78, 5) is 25.0. The first-order chi connectivity index (χ1) is 15.1. The van der Waals surface area contributed by atoms with Crippen LogP contribution in [0.4, 0.5) is 5.69 Å². The van der Waals surface area contributed by atoms with Crippen molar-refractivity contribution >= 4 is 17.5 Å². The molecule has 0 bridgehead atoms. The molecule has 7 heteroatoms. The van der Waals surface area contributed by atoms with E-state index in [1.807, 2.05) is 42.5 Å². The predicted molar refractivity (Wildman–Crippen MR) is 120 cm³/mol. The zero-order valence-electron chi connectivity index (χ0n) is 17.3. The highest BCUT2D eigenvalue weighted by Gasteiger charge is 2.21. The maximum absolute atomic E-state index is 12.7. The van der Waals surface area contributed by atoms with Crippen molar-refractivity contribution in [1.29, 1.82) is 0 Å². The lowest BCUT2D eigenvalue weighted by Crippen LogP contribution is -2.42. The van der Waals surface area contributed by atoms with Gasteiger partial charge in [0, 0.05) is 17.6 Å². The van der Waals surface area contributed by atoms with Crippen molar-refractivity contribution in [1.82, 2.24) is 15.1 Å². The summed E-state index contributed by atoms with van der Waals surface area (Å²) in [6.07, 6.45) is 7.47. The summed E-state index contributed by atoms with van der Waals surface area (Å²) in [6, 6.07) is 17.1. The average Bonchev–Trinajstić information content (AvgIpc) is 3.23. The minimum Gasteiger partial charge on any atom is -0.349 e. The van der Waals surface area contributed by atoms with Gasteiger partial charge in [0.25, 0.3) is 5.91 Å². The normalized spacial score (nSPS) is 18.4. The Morgan fingerprint density at radius 2 is 1.94 bits per heavy atom. The Morgan fingerprint density at radius 1 is 1.10 bits per heavy atom. The largest absolute Gasteiger partial charge is 0.349 e. The van der Waals surface area contributed by atoms with Gasteiger partial charge in [-0.15, -0.1) is 0 Å². The molecule has 2 aromatic carbocycles. The van der Waals surface area contributed by atoms with E-state index in [0.29, 0.717) is 17.7 Å². The smallest absolute Gasteiger partial charge is 0.251 e. The molecular formula is C24H27N5O2. The van der Waals surface area contributed by atoms with E-state index in [1.165, 1.54) is 0 Å². The van der Waals surface area contributed by atoms with E-state index < -0.39 is 0 Å². The van der Waals surface area contributed by atoms with Crippen LogP contribution in [-0.2, 0) is 11.2 Å². The summed E-state index contributed by atoms with van der Waals surface area (Å²) in [7, 11) is 0. The fraction of sp³-hybridized carbons (Fsp3) is 0.292. The number of nitrogens with two attached hydrogens (primary N) is 1. The SMILES string of the molecule is NC1CCC[C@@H](NC(=O)c2cccc(-n3cc(NC(=O)Cc4ccccc4)cn3)c2)C1. The number of anilines is 1. The van der Waals surface area contributed by atoms with Crippen molar-refractivity contribution in [3.05, 3.63) is 78.1 Å². The van der Waals surface area contributed by atoms with Crippen LogP contribution in [0.15, 0.2) is 67.0 Å². The fourth-order valence-corrected chi connectivity index (χ4v) is 3.93. The van der Waals surface area contributed by atoms with Gasteiger partial charge in [-0.3, -0.25) is 9.59 Å². The first-order valence-electron chi connectivity index (χ1n) is 10.6. The van der Waals surface area contributed by atoms with Crippen LogP contribution in [0.25, 0.3) is 5.69 Å². The van der Waals surface area contributed by atoms with Gasteiger partial charge < -0.3 is 16.4 Å². The third kappa shape index (κ3) is 5.58. The van der Waals surface area contributed by atoms with Crippen molar-refractivity contribution in [2.75, 3.05) is 5.32 Å². The van der Waals surface area contributed by atoms with E-state index in [2.05, 4.69) is 15.7 Å². The second-order valence-corrected chi connectivity index (χ2v) is 8.03. The van der Waals surface area contributed by atoms with Gasteiger partial charge >= 0.3 is 0 Å². The molecule has 1 aliphatic rings. The molecule has 1 aliphatic carbocycles. The van der Waals surface area contributed by atoms with E-state index in [0.717, 1.165) is 36.9 Å². The molecule has 7 nitrogen and oxygen atoms in total. The van der Waals surface area contributed by atoms with E-state index in [9.17, 15) is 9.59 Å². The number of carbonyl (C=O) groups excluding carboxylic acids is 2. The molecule has 4 rings (SSSR count). The van der Waals surface area contributed by atoms with Crippen LogP contribution in [0, 0.1) is 0 Å². The number of hydrogen-bond acceptors (Lipinski definition) is 4. The maximum atomic E-state index is 12.7. The molecule has 1 fully saturated rings. The number of aromatic nitrogens is 2. The van der Waals surface area contributed by atoms with Crippen LogP contribution in [0.3, 0.4) is 0 Å². The lowest BCUT2D eigenvalue weighted by Gasteiger charge is -2.27. The zero-order valence-corrected chi connectivity index (χ0v) is 17.3. The molecular weight excluding hydrogens is 390 g/mol. The highest BCUT2D eigenvalue weighted by molar-refractivity contribution is 5.95. The van der Waals surface area contributed by atoms with Crippen LogP contribution in [0.2, 0.25) is 0 Å². The third-order valence-corrected chi connectivity index (χ3v) is 5.50. The standard InChI is InChI=1S/C24H27N5O2/c25-19-9-5-10-20(14-19)28-24(31)18-8-4-11-22(13-18)29-16-21(15-26-29)27-23(30)12-17-6-2-1-3-7-17/h1-4,6-8,11,13,15-16,19-20H,5,9-10,12,14,25H2,(H,27,30)(H,28,31)/t19?,20-/m1/s1. The summed E-state index contributed by atoms with van der Waals surface area (Å²) in [6.45, 7) is 0. The van der Waals surface area contributed by atoms with E-state index in [-0.39, 0.29) is 23.9 Å². The number of benzene rings is 2. The van der Waals surface area contributed by atoms with Crippen molar-refractivity contribution in [2.24, 2.45) is 5.73 Å². The summed E-state index contributed by atoms with van der Waals surface area (Å²) in [5, 5.41) is 10.3. The van der Waals surface area contributed by atoms with Gasteiger partial charge in [0.05, 0.1) is 30.2 Å². The number of hydrogen-bond donors (Lipinski definition) is 3. The number of nitrogens with zero attached hydrogens (tertiary/aromatic N) is 2. The van der Waals surface area contributed by atoms with Crippen LogP contribution in [0.1, 0.15) is 41.6 Å². The van der Waals surface area contributed by atoms with Gasteiger partial charge in [-0.25, -0.2) is 4.68 Å². The molecule has 1 aromatic heterocycles. The molecule has 0 aliphatic heterocycles. The summed E-state index contributed by atoms with van der Waals surface area (Å²) in [5.41, 5.74) is 8.90. The minimum atomic E-state index is -0.107. The molecule has 2 amide bonds. The van der Waals surface area contributed by atoms with E-state index >= 15 is 0 Å². The number of rotatable bonds is 6. The molecule has 1 heterocycles. The summed E-state index contributed by atoms with van der Waals surface area (Å²) < 4.78 is 1.64. The molecule has 4 N–H and O–H groups in total. The Labute approximate surface area is 181 Å². The Bertz CT molecular complexity index is 1050. The van der Waals surface area contributed by atoms with Crippen LogP contribution < -0.4 is 16.4 Å². The van der Waals surface area contributed by atoms with E-state index in [4.69, 9.17) is 5.73 Å². The summed E-state index contributed by atoms with van der Waals surface area (Å²) in [5.74, 6) is -0.214. The molecule has 31 heavy (non-hydrogen) atoms. The minimum absolute atomic E-state index is 0.107. The first kappa shape index (κ1) is 20.8. The molecule has 2 atom stereocenters. The van der Waals surface area contributed by atoms with Crippen molar-refractivity contribution in [3.8, 4) is 5.69 Å². The lowest BCUT2D eigenvalue weighted by atomic mass is 9.91. The van der Waals surface area contributed by atoms with Crippen molar-refractivity contribution in [3.63, 3.8) is 0 Å². The highest BCUT2D eigenvalue weighted by atomic mass is 16.2. The van der Waals surface area contributed by atoms with Crippen LogP contribution in [-0.4, -0.2) is 33.7 Å². The Morgan fingerprint density at radius 3 is 2.74 bits per heavy atom. The van der Waals surface area contributed by atoms with Crippen molar-refractivity contribution < 1.29 is 9.59 Å². The predicted octanol–water partition coefficient (Wildman–Crippen LogP) is 3.05. The van der Waals surface area contributed by atoms with Gasteiger partial charge in [-0.1, -0.05) is 36.4 Å². The molecule has 160 valence electrons. The molecule has 0 radical (unpaired) electrons. The number of amides is 2. The quantitative estimate of drug-likeness (QED) is 0.574. The van der Waals surface area contributed by atoms with Gasteiger partial charge in [-0.2, -0.15) is 5.10 Å². The second-order valence-electron chi connectivity index (χ2n) is 8.03. The number of nitrogens with one attached hydrogen (secondary N) is 2. The monoisotopic (exact) mass is 417 g/mol. The van der Waals surface area contributed by atoms with Crippen molar-refractivity contribution in [2.45, 2.75) is 44.2 Å². The lowest BCUT2D eigenvalue weighted by molar-refractivity contribution is -0.115. The molecule has 0 spiro atoms. The number of carbonyl (C=O) groups is 2. The van der Waals surface area contributed by atoms with E-state index in [1.54, 1.807) is 29.2 Å².